The van der Waals surface area contributed by atoms with Crippen molar-refractivity contribution in [1.82, 2.24) is 15.3 Å². The van der Waals surface area contributed by atoms with Gasteiger partial charge in [-0.05, 0) is 29.8 Å². The summed E-state index contributed by atoms with van der Waals surface area (Å²) < 4.78 is 0. The lowest BCUT2D eigenvalue weighted by Crippen LogP contribution is -2.25. The molecule has 0 unspecified atom stereocenters. The molecule has 0 aromatic carbocycles. The van der Waals surface area contributed by atoms with Gasteiger partial charge in [0, 0.05) is 18.6 Å². The molecule has 0 atom stereocenters. The van der Waals surface area contributed by atoms with E-state index in [0.717, 1.165) is 5.56 Å². The first-order chi connectivity index (χ1) is 9.33. The van der Waals surface area contributed by atoms with Crippen LogP contribution in [0.5, 0.6) is 0 Å². The van der Waals surface area contributed by atoms with Gasteiger partial charge in [-0.2, -0.15) is 0 Å². The van der Waals surface area contributed by atoms with Crippen LogP contribution in [0.3, 0.4) is 0 Å². The molecule has 0 radical (unpaired) electrons. The second kappa shape index (κ2) is 4.81. The molecule has 5 heteroatoms. The minimum Gasteiger partial charge on any atom is -0.303 e. The topological polar surface area (TPSA) is 67.2 Å². The van der Waals surface area contributed by atoms with Crippen molar-refractivity contribution in [2.24, 2.45) is 4.99 Å². The molecule has 1 aliphatic rings. The third kappa shape index (κ3) is 2.40. The highest BCUT2D eigenvalue weighted by Crippen LogP contribution is 2.13. The average Bonchev–Trinajstić information content (AvgIpc) is 2.82. The maximum absolute atomic E-state index is 11.8. The number of rotatable bonds is 2. The summed E-state index contributed by atoms with van der Waals surface area (Å²) in [7, 11) is 0. The quantitative estimate of drug-likeness (QED) is 0.819. The van der Waals surface area contributed by atoms with Crippen molar-refractivity contribution in [2.75, 3.05) is 0 Å². The predicted molar refractivity (Wildman–Crippen MR) is 71.1 cm³/mol. The summed E-state index contributed by atoms with van der Waals surface area (Å²) in [4.78, 5) is 24.2. The van der Waals surface area contributed by atoms with Gasteiger partial charge in [0.1, 0.15) is 11.4 Å². The number of amides is 1. The fraction of sp³-hybridized carbons (Fsp3) is 0. The highest BCUT2D eigenvalue weighted by atomic mass is 16.2. The molecule has 3 heterocycles. The lowest BCUT2D eigenvalue weighted by atomic mass is 10.2. The molecule has 0 spiro atoms. The third-order valence-electron chi connectivity index (χ3n) is 2.59. The summed E-state index contributed by atoms with van der Waals surface area (Å²) in [6, 6.07) is 9.13. The van der Waals surface area contributed by atoms with E-state index in [-0.39, 0.29) is 5.91 Å². The van der Waals surface area contributed by atoms with Crippen LogP contribution in [0.4, 0.5) is 0 Å². The number of nitrogens with one attached hydrogen (secondary N) is 1. The second-order valence-corrected chi connectivity index (χ2v) is 3.95. The smallest absolute Gasteiger partial charge is 0.275 e. The number of carbonyl (C=O) groups excluding carboxylic acids is 1. The van der Waals surface area contributed by atoms with Gasteiger partial charge in [-0.1, -0.05) is 12.1 Å². The van der Waals surface area contributed by atoms with Crippen molar-refractivity contribution in [3.8, 4) is 0 Å². The van der Waals surface area contributed by atoms with Crippen LogP contribution in [0.15, 0.2) is 59.6 Å². The van der Waals surface area contributed by atoms with Crippen molar-refractivity contribution in [1.29, 1.82) is 0 Å². The van der Waals surface area contributed by atoms with Crippen LogP contribution in [0.2, 0.25) is 0 Å². The monoisotopic (exact) mass is 250 g/mol. The Bertz CT molecular complexity index is 662. The van der Waals surface area contributed by atoms with Crippen molar-refractivity contribution in [3.63, 3.8) is 0 Å². The Morgan fingerprint density at radius 3 is 2.79 bits per heavy atom. The summed E-state index contributed by atoms with van der Waals surface area (Å²) in [5, 5.41) is 2.70. The van der Waals surface area contributed by atoms with E-state index in [1.54, 1.807) is 30.7 Å². The van der Waals surface area contributed by atoms with Crippen molar-refractivity contribution >= 4 is 17.8 Å². The highest BCUT2D eigenvalue weighted by Gasteiger charge is 2.21. The van der Waals surface area contributed by atoms with Gasteiger partial charge in [0.2, 0.25) is 0 Å². The van der Waals surface area contributed by atoms with Crippen LogP contribution in [0, 0.1) is 0 Å². The largest absolute Gasteiger partial charge is 0.303 e. The van der Waals surface area contributed by atoms with Crippen molar-refractivity contribution < 1.29 is 4.79 Å². The zero-order valence-electron chi connectivity index (χ0n) is 9.95. The number of carbonyl (C=O) groups is 1. The van der Waals surface area contributed by atoms with E-state index in [4.69, 9.17) is 0 Å². The summed E-state index contributed by atoms with van der Waals surface area (Å²) in [6.45, 7) is 0. The molecular weight excluding hydrogens is 240 g/mol. The molecule has 1 aliphatic heterocycles. The Balaban J connectivity index is 1.94. The lowest BCUT2D eigenvalue weighted by molar-refractivity contribution is -0.115. The van der Waals surface area contributed by atoms with Crippen LogP contribution in [0.25, 0.3) is 6.08 Å². The van der Waals surface area contributed by atoms with E-state index in [1.807, 2.05) is 24.3 Å². The maximum atomic E-state index is 11.8. The molecule has 1 amide bonds. The molecule has 0 saturated heterocycles. The van der Waals surface area contributed by atoms with E-state index in [2.05, 4.69) is 20.3 Å². The number of aromatic nitrogens is 2. The molecule has 0 aliphatic carbocycles. The van der Waals surface area contributed by atoms with Crippen LogP contribution in [-0.2, 0) is 4.79 Å². The third-order valence-corrected chi connectivity index (χ3v) is 2.59. The maximum Gasteiger partial charge on any atom is 0.275 e. The Morgan fingerprint density at radius 2 is 2.05 bits per heavy atom. The first-order valence-corrected chi connectivity index (χ1v) is 5.76. The van der Waals surface area contributed by atoms with Gasteiger partial charge in [0.25, 0.3) is 5.91 Å². The SMILES string of the molecule is O=C1NC(c2ccccn2)=N/C1=C/c1cccnc1. The van der Waals surface area contributed by atoms with Crippen molar-refractivity contribution in [3.05, 3.63) is 65.9 Å². The van der Waals surface area contributed by atoms with Crippen LogP contribution in [0.1, 0.15) is 11.3 Å². The fourth-order valence-electron chi connectivity index (χ4n) is 1.71. The van der Waals surface area contributed by atoms with Crippen molar-refractivity contribution in [2.45, 2.75) is 0 Å². The standard InChI is InChI=1S/C14H10N4O/c19-14-12(8-10-4-3-6-15-9-10)17-13(18-14)11-5-1-2-7-16-11/h1-9H,(H,17,18,19)/b12-8+. The number of nitrogens with zero attached hydrogens (tertiary/aromatic N) is 3. The number of aliphatic imine (C=N–C) groups is 1. The van der Waals surface area contributed by atoms with E-state index in [1.165, 1.54) is 0 Å². The molecule has 92 valence electrons. The fourth-order valence-corrected chi connectivity index (χ4v) is 1.71. The van der Waals surface area contributed by atoms with Gasteiger partial charge < -0.3 is 5.32 Å². The van der Waals surface area contributed by atoms with Gasteiger partial charge in [-0.15, -0.1) is 0 Å². The number of amidine groups is 1. The van der Waals surface area contributed by atoms with Gasteiger partial charge in [-0.3, -0.25) is 14.8 Å². The Kier molecular flexibility index (Phi) is 2.86. The van der Waals surface area contributed by atoms with Crippen LogP contribution >= 0.6 is 0 Å². The molecule has 0 fully saturated rings. The van der Waals surface area contributed by atoms with E-state index >= 15 is 0 Å². The highest BCUT2D eigenvalue weighted by molar-refractivity contribution is 6.19. The molecule has 0 saturated carbocycles. The number of hydrogen-bond donors (Lipinski definition) is 1. The molecule has 19 heavy (non-hydrogen) atoms. The van der Waals surface area contributed by atoms with Gasteiger partial charge >= 0.3 is 0 Å². The molecule has 0 bridgehead atoms. The lowest BCUT2D eigenvalue weighted by Gasteiger charge is -1.97. The Morgan fingerprint density at radius 1 is 1.11 bits per heavy atom. The Labute approximate surface area is 109 Å². The predicted octanol–water partition coefficient (Wildman–Crippen LogP) is 1.39. The van der Waals surface area contributed by atoms with Gasteiger partial charge in [0.05, 0.1) is 0 Å². The average molecular weight is 250 g/mol. The first kappa shape index (κ1) is 11.3. The normalized spacial score (nSPS) is 16.3. The minimum atomic E-state index is -0.232. The van der Waals surface area contributed by atoms with Crippen LogP contribution in [-0.4, -0.2) is 21.7 Å². The zero-order chi connectivity index (χ0) is 13.1. The zero-order valence-corrected chi connectivity index (χ0v) is 9.95. The number of pyridine rings is 2. The molecule has 3 rings (SSSR count). The molecule has 5 nitrogen and oxygen atoms in total. The Hall–Kier alpha value is -2.82. The summed E-state index contributed by atoms with van der Waals surface area (Å²) in [5.74, 6) is 0.241. The summed E-state index contributed by atoms with van der Waals surface area (Å²) >= 11 is 0. The molecular formula is C14H10N4O. The summed E-state index contributed by atoms with van der Waals surface area (Å²) in [5.41, 5.74) is 1.83. The molecule has 2 aromatic rings. The molecule has 2 aromatic heterocycles. The van der Waals surface area contributed by atoms with Gasteiger partial charge in [-0.25, -0.2) is 4.99 Å². The van der Waals surface area contributed by atoms with E-state index < -0.39 is 0 Å². The van der Waals surface area contributed by atoms with E-state index in [9.17, 15) is 4.79 Å². The van der Waals surface area contributed by atoms with Gasteiger partial charge in [0.15, 0.2) is 5.84 Å². The second-order valence-electron chi connectivity index (χ2n) is 3.95. The summed E-state index contributed by atoms with van der Waals surface area (Å²) in [6.07, 6.45) is 6.71. The first-order valence-electron chi connectivity index (χ1n) is 5.76. The van der Waals surface area contributed by atoms with E-state index in [0.29, 0.717) is 17.2 Å². The molecule has 1 N–H and O–H groups in total. The van der Waals surface area contributed by atoms with Crippen LogP contribution < -0.4 is 5.32 Å². The minimum absolute atomic E-state index is 0.232. The number of hydrogen-bond acceptors (Lipinski definition) is 4.